The van der Waals surface area contributed by atoms with E-state index in [9.17, 15) is 19.5 Å². The molecule has 8 heteroatoms. The van der Waals surface area contributed by atoms with Gasteiger partial charge >= 0.3 is 12.0 Å². The van der Waals surface area contributed by atoms with E-state index >= 15 is 0 Å². The number of thioether (sulfide) groups is 1. The molecule has 0 aliphatic carbocycles. The molecule has 2 unspecified atom stereocenters. The molecule has 2 aliphatic rings. The van der Waals surface area contributed by atoms with E-state index < -0.39 is 12.0 Å². The van der Waals surface area contributed by atoms with Crippen LogP contribution >= 0.6 is 11.8 Å². The van der Waals surface area contributed by atoms with Crippen LogP contribution in [0.1, 0.15) is 46.0 Å². The van der Waals surface area contributed by atoms with Gasteiger partial charge in [-0.05, 0) is 18.8 Å². The highest BCUT2D eigenvalue weighted by Crippen LogP contribution is 2.33. The number of amides is 3. The van der Waals surface area contributed by atoms with Crippen molar-refractivity contribution in [3.63, 3.8) is 0 Å². The maximum absolute atomic E-state index is 12.0. The van der Waals surface area contributed by atoms with Crippen LogP contribution < -0.4 is 16.0 Å². The highest BCUT2D eigenvalue weighted by Gasteiger charge is 2.42. The number of carbonyl (C=O) groups is 3. The Morgan fingerprint density at radius 3 is 2.79 bits per heavy atom. The first-order valence-corrected chi connectivity index (χ1v) is 9.68. The monoisotopic (exact) mass is 357 g/mol. The molecule has 0 spiro atoms. The normalized spacial score (nSPS) is 27.8. The fourth-order valence-corrected chi connectivity index (χ4v) is 4.75. The zero-order chi connectivity index (χ0) is 17.7. The Bertz CT molecular complexity index is 488. The lowest BCUT2D eigenvalue weighted by atomic mass is 9.99. The molecule has 24 heavy (non-hydrogen) atoms. The Morgan fingerprint density at radius 2 is 2.12 bits per heavy atom. The minimum atomic E-state index is -0.976. The van der Waals surface area contributed by atoms with Crippen LogP contribution in [-0.2, 0) is 9.59 Å². The molecule has 0 aromatic carbocycles. The van der Waals surface area contributed by atoms with Gasteiger partial charge in [0.25, 0.3) is 0 Å². The minimum absolute atomic E-state index is 0.0839. The molecule has 4 N–H and O–H groups in total. The lowest BCUT2D eigenvalue weighted by molar-refractivity contribution is -0.143. The summed E-state index contributed by atoms with van der Waals surface area (Å²) in [6, 6.07) is -0.478. The molecule has 0 aromatic heterocycles. The van der Waals surface area contributed by atoms with Crippen molar-refractivity contribution in [2.45, 2.75) is 69.3 Å². The summed E-state index contributed by atoms with van der Waals surface area (Å²) in [6.45, 7) is 3.74. The van der Waals surface area contributed by atoms with Crippen LogP contribution in [0, 0.1) is 5.92 Å². The molecule has 5 atom stereocenters. The Labute approximate surface area is 146 Å². The second kappa shape index (κ2) is 8.60. The van der Waals surface area contributed by atoms with Crippen molar-refractivity contribution in [2.75, 3.05) is 5.75 Å². The number of urea groups is 1. The molecular formula is C16H27N3O4S. The summed E-state index contributed by atoms with van der Waals surface area (Å²) in [5.41, 5.74) is 0. The lowest BCUT2D eigenvalue weighted by Gasteiger charge is -2.20. The van der Waals surface area contributed by atoms with Crippen molar-refractivity contribution >= 4 is 29.7 Å². The van der Waals surface area contributed by atoms with Crippen molar-refractivity contribution < 1.29 is 19.5 Å². The number of hydrogen-bond acceptors (Lipinski definition) is 4. The lowest BCUT2D eigenvalue weighted by Crippen LogP contribution is -2.44. The standard InChI is InChI=1S/C16H27N3O4S/c1-3-9(2)13(15(21)22)18-12(20)7-5-4-6-11-14-10(8-24-11)17-16(23)19-14/h9-11,13-14H,3-8H2,1-2H3,(H,18,20)(H,21,22)(H2,17,19,23)/t9?,10-,11-,13?,14-/m0/s1. The quantitative estimate of drug-likeness (QED) is 0.368. The van der Waals surface area contributed by atoms with Crippen LogP contribution in [0.2, 0.25) is 0 Å². The van der Waals surface area contributed by atoms with Gasteiger partial charge in [0.05, 0.1) is 12.1 Å². The van der Waals surface area contributed by atoms with Crippen LogP contribution in [0.3, 0.4) is 0 Å². The molecule has 0 aromatic rings. The van der Waals surface area contributed by atoms with Crippen LogP contribution in [0.4, 0.5) is 4.79 Å². The predicted octanol–water partition coefficient (Wildman–Crippen LogP) is 1.33. The zero-order valence-corrected chi connectivity index (χ0v) is 15.0. The summed E-state index contributed by atoms with van der Waals surface area (Å²) in [5, 5.41) is 18.1. The van der Waals surface area contributed by atoms with Gasteiger partial charge in [-0.25, -0.2) is 9.59 Å². The van der Waals surface area contributed by atoms with Gasteiger partial charge in [0, 0.05) is 17.4 Å². The van der Waals surface area contributed by atoms with E-state index in [-0.39, 0.29) is 29.9 Å². The maximum atomic E-state index is 12.0. The van der Waals surface area contributed by atoms with Gasteiger partial charge in [-0.2, -0.15) is 11.8 Å². The first-order chi connectivity index (χ1) is 11.4. The van der Waals surface area contributed by atoms with Gasteiger partial charge in [-0.15, -0.1) is 0 Å². The number of carbonyl (C=O) groups excluding carboxylic acids is 2. The van der Waals surface area contributed by atoms with Crippen LogP contribution in [-0.4, -0.2) is 52.1 Å². The number of aliphatic carboxylic acids is 1. The highest BCUT2D eigenvalue weighted by molar-refractivity contribution is 8.00. The Balaban J connectivity index is 1.66. The molecule has 2 heterocycles. The number of unbranched alkanes of at least 4 members (excludes halogenated alkanes) is 1. The van der Waals surface area contributed by atoms with E-state index in [0.717, 1.165) is 25.0 Å². The largest absolute Gasteiger partial charge is 0.480 e. The maximum Gasteiger partial charge on any atom is 0.326 e. The molecule has 7 nitrogen and oxygen atoms in total. The first-order valence-electron chi connectivity index (χ1n) is 8.63. The van der Waals surface area contributed by atoms with E-state index in [0.29, 0.717) is 18.1 Å². The molecule has 136 valence electrons. The molecule has 2 saturated heterocycles. The number of fused-ring (bicyclic) bond motifs is 1. The second-order valence-corrected chi connectivity index (χ2v) is 7.91. The number of carboxylic acid groups (broad SMARTS) is 1. The van der Waals surface area contributed by atoms with Gasteiger partial charge in [0.15, 0.2) is 0 Å². The highest BCUT2D eigenvalue weighted by atomic mass is 32.2. The van der Waals surface area contributed by atoms with E-state index in [1.165, 1.54) is 0 Å². The zero-order valence-electron chi connectivity index (χ0n) is 14.2. The second-order valence-electron chi connectivity index (χ2n) is 6.64. The molecule has 0 saturated carbocycles. The first kappa shape index (κ1) is 18.9. The Kier molecular flexibility index (Phi) is 6.77. The summed E-state index contributed by atoms with van der Waals surface area (Å²) in [6.07, 6.45) is 3.63. The number of nitrogens with one attached hydrogen (secondary N) is 3. The number of carboxylic acids is 1. The number of rotatable bonds is 9. The molecule has 2 fully saturated rings. The van der Waals surface area contributed by atoms with Crippen LogP contribution in [0.25, 0.3) is 0 Å². The molecular weight excluding hydrogens is 330 g/mol. The smallest absolute Gasteiger partial charge is 0.326 e. The van der Waals surface area contributed by atoms with Crippen molar-refractivity contribution in [1.29, 1.82) is 0 Å². The van der Waals surface area contributed by atoms with Gasteiger partial charge in [-0.1, -0.05) is 26.7 Å². The van der Waals surface area contributed by atoms with Gasteiger partial charge < -0.3 is 21.1 Å². The van der Waals surface area contributed by atoms with Crippen molar-refractivity contribution in [3.05, 3.63) is 0 Å². The Hall–Kier alpha value is -1.44. The fraction of sp³-hybridized carbons (Fsp3) is 0.812. The Morgan fingerprint density at radius 1 is 1.38 bits per heavy atom. The molecule has 2 rings (SSSR count). The van der Waals surface area contributed by atoms with E-state index in [2.05, 4.69) is 16.0 Å². The van der Waals surface area contributed by atoms with Gasteiger partial charge in [-0.3, -0.25) is 4.79 Å². The fourth-order valence-electron chi connectivity index (χ4n) is 3.20. The molecule has 0 radical (unpaired) electrons. The summed E-state index contributed by atoms with van der Waals surface area (Å²) in [4.78, 5) is 34.5. The SMILES string of the molecule is CCC(C)C(NC(=O)CCCC[C@@H]1SC[C@@H]2NC(=O)N[C@@H]21)C(=O)O. The molecule has 2 aliphatic heterocycles. The van der Waals surface area contributed by atoms with Gasteiger partial charge in [0.2, 0.25) is 5.91 Å². The minimum Gasteiger partial charge on any atom is -0.480 e. The average Bonchev–Trinajstić information content (AvgIpc) is 3.07. The van der Waals surface area contributed by atoms with E-state index in [1.807, 2.05) is 25.6 Å². The predicted molar refractivity (Wildman–Crippen MR) is 93.0 cm³/mol. The van der Waals surface area contributed by atoms with Crippen LogP contribution in [0.15, 0.2) is 0 Å². The topological polar surface area (TPSA) is 108 Å². The third-order valence-corrected chi connectivity index (χ3v) is 6.38. The number of hydrogen-bond donors (Lipinski definition) is 4. The third kappa shape index (κ3) is 4.78. The van der Waals surface area contributed by atoms with Crippen molar-refractivity contribution in [2.24, 2.45) is 5.92 Å². The summed E-state index contributed by atoms with van der Waals surface area (Å²) in [7, 11) is 0. The third-order valence-electron chi connectivity index (χ3n) is 4.88. The van der Waals surface area contributed by atoms with Gasteiger partial charge in [0.1, 0.15) is 6.04 Å². The molecule has 3 amide bonds. The van der Waals surface area contributed by atoms with E-state index in [4.69, 9.17) is 0 Å². The average molecular weight is 357 g/mol. The van der Waals surface area contributed by atoms with Crippen molar-refractivity contribution in [1.82, 2.24) is 16.0 Å². The van der Waals surface area contributed by atoms with Crippen LogP contribution in [0.5, 0.6) is 0 Å². The molecule has 0 bridgehead atoms. The summed E-state index contributed by atoms with van der Waals surface area (Å²) >= 11 is 1.86. The van der Waals surface area contributed by atoms with Crippen molar-refractivity contribution in [3.8, 4) is 0 Å². The van der Waals surface area contributed by atoms with E-state index in [1.54, 1.807) is 0 Å². The summed E-state index contributed by atoms with van der Waals surface area (Å²) in [5.74, 6) is -0.327. The summed E-state index contributed by atoms with van der Waals surface area (Å²) < 4.78 is 0.